The van der Waals surface area contributed by atoms with Gasteiger partial charge in [-0.05, 0) is 35.9 Å². The van der Waals surface area contributed by atoms with Gasteiger partial charge >= 0.3 is 5.97 Å². The van der Waals surface area contributed by atoms with E-state index in [1.807, 2.05) is 0 Å². The summed E-state index contributed by atoms with van der Waals surface area (Å²) in [6, 6.07) is 8.82. The number of carbonyl (C=O) groups is 2. The molecule has 0 aliphatic carbocycles. The molecule has 7 nitrogen and oxygen atoms in total. The molecule has 0 aliphatic heterocycles. The number of hydrogen-bond donors (Lipinski definition) is 2. The van der Waals surface area contributed by atoms with Gasteiger partial charge in [0.25, 0.3) is 5.91 Å². The van der Waals surface area contributed by atoms with E-state index in [9.17, 15) is 19.1 Å². The molecule has 0 bridgehead atoms. The molecule has 0 fully saturated rings. The topological polar surface area (TPSA) is 94.1 Å². The minimum Gasteiger partial charge on any atom is -0.497 e. The number of aliphatic carboxylic acids is 1. The predicted molar refractivity (Wildman–Crippen MR) is 98.8 cm³/mol. The van der Waals surface area contributed by atoms with Gasteiger partial charge in [0.05, 0.1) is 26.9 Å². The van der Waals surface area contributed by atoms with Crippen LogP contribution in [0, 0.1) is 5.82 Å². The van der Waals surface area contributed by atoms with Crippen molar-refractivity contribution in [2.75, 3.05) is 27.4 Å². The Morgan fingerprint density at radius 2 is 1.82 bits per heavy atom. The maximum absolute atomic E-state index is 13.9. The number of halogens is 1. The summed E-state index contributed by atoms with van der Waals surface area (Å²) < 4.78 is 29.1. The second-order valence-corrected chi connectivity index (χ2v) is 5.87. The lowest BCUT2D eigenvalue weighted by atomic mass is 10.1. The van der Waals surface area contributed by atoms with Crippen LogP contribution in [-0.4, -0.2) is 44.4 Å². The number of carbonyl (C=O) groups excluding carboxylic acids is 1. The van der Waals surface area contributed by atoms with Crippen molar-refractivity contribution in [1.29, 1.82) is 0 Å². The molecule has 2 aromatic carbocycles. The number of rotatable bonds is 10. The molecule has 2 rings (SSSR count). The molecule has 1 amide bonds. The van der Waals surface area contributed by atoms with Gasteiger partial charge in [-0.2, -0.15) is 0 Å². The Balaban J connectivity index is 2.13. The molecule has 8 heteroatoms. The van der Waals surface area contributed by atoms with Gasteiger partial charge in [0, 0.05) is 18.2 Å². The molecule has 0 saturated carbocycles. The third kappa shape index (κ3) is 5.77. The van der Waals surface area contributed by atoms with Gasteiger partial charge in [-0.25, -0.2) is 9.18 Å². The maximum atomic E-state index is 13.9. The average Bonchev–Trinajstić information content (AvgIpc) is 2.70. The summed E-state index contributed by atoms with van der Waals surface area (Å²) in [4.78, 5) is 24.1. The maximum Gasteiger partial charge on any atom is 0.330 e. The SMILES string of the molecule is COCCOCc1cc(C(=O)NC(C(=O)O)c2ccc(OC)cc2)ccc1F. The van der Waals surface area contributed by atoms with Gasteiger partial charge in [-0.15, -0.1) is 0 Å². The number of ether oxygens (including phenoxy) is 3. The standard InChI is InChI=1S/C20H22FNO6/c1-26-9-10-28-12-15-11-14(5-8-17(15)21)19(23)22-18(20(24)25)13-3-6-16(27-2)7-4-13/h3-8,11,18H,9-10,12H2,1-2H3,(H,22,23)(H,24,25). The van der Waals surface area contributed by atoms with Crippen LogP contribution in [0.4, 0.5) is 4.39 Å². The van der Waals surface area contributed by atoms with E-state index in [2.05, 4.69) is 5.32 Å². The number of carboxylic acids is 1. The molecule has 150 valence electrons. The Morgan fingerprint density at radius 3 is 2.43 bits per heavy atom. The smallest absolute Gasteiger partial charge is 0.330 e. The van der Waals surface area contributed by atoms with E-state index >= 15 is 0 Å². The van der Waals surface area contributed by atoms with Crippen LogP contribution >= 0.6 is 0 Å². The summed E-state index contributed by atoms with van der Waals surface area (Å²) in [7, 11) is 3.02. The number of hydrogen-bond acceptors (Lipinski definition) is 5. The van der Waals surface area contributed by atoms with E-state index in [4.69, 9.17) is 14.2 Å². The third-order valence-electron chi connectivity index (χ3n) is 3.97. The number of benzene rings is 2. The minimum absolute atomic E-state index is 0.0306. The fourth-order valence-corrected chi connectivity index (χ4v) is 2.45. The second kappa shape index (κ2) is 10.4. The lowest BCUT2D eigenvalue weighted by molar-refractivity contribution is -0.139. The van der Waals surface area contributed by atoms with E-state index in [1.54, 1.807) is 24.3 Å². The first kappa shape index (κ1) is 21.3. The predicted octanol–water partition coefficient (Wildman–Crippen LogP) is 2.55. The van der Waals surface area contributed by atoms with Crippen molar-refractivity contribution in [3.05, 3.63) is 65.0 Å². The number of methoxy groups -OCH3 is 2. The first-order valence-corrected chi connectivity index (χ1v) is 8.49. The number of nitrogens with one attached hydrogen (secondary N) is 1. The average molecular weight is 391 g/mol. The summed E-state index contributed by atoms with van der Waals surface area (Å²) >= 11 is 0. The first-order valence-electron chi connectivity index (χ1n) is 8.49. The molecular weight excluding hydrogens is 369 g/mol. The van der Waals surface area contributed by atoms with Gasteiger partial charge in [0.1, 0.15) is 11.6 Å². The Hall–Kier alpha value is -2.97. The fourth-order valence-electron chi connectivity index (χ4n) is 2.45. The van der Waals surface area contributed by atoms with Crippen molar-refractivity contribution < 1.29 is 33.3 Å². The zero-order valence-electron chi connectivity index (χ0n) is 15.6. The van der Waals surface area contributed by atoms with Gasteiger partial charge < -0.3 is 24.6 Å². The van der Waals surface area contributed by atoms with E-state index in [0.717, 1.165) is 6.07 Å². The van der Waals surface area contributed by atoms with Crippen molar-refractivity contribution in [3.8, 4) is 5.75 Å². The molecule has 0 saturated heterocycles. The van der Waals surface area contributed by atoms with Crippen molar-refractivity contribution in [3.63, 3.8) is 0 Å². The van der Waals surface area contributed by atoms with Crippen molar-refractivity contribution in [2.24, 2.45) is 0 Å². The van der Waals surface area contributed by atoms with Crippen LogP contribution in [0.5, 0.6) is 5.75 Å². The zero-order chi connectivity index (χ0) is 20.5. The summed E-state index contributed by atoms with van der Waals surface area (Å²) in [5, 5.41) is 11.9. The lowest BCUT2D eigenvalue weighted by Crippen LogP contribution is -2.33. The fraction of sp³-hybridized carbons (Fsp3) is 0.300. The molecule has 1 unspecified atom stereocenters. The van der Waals surface area contributed by atoms with Gasteiger partial charge in [-0.3, -0.25) is 4.79 Å². The third-order valence-corrected chi connectivity index (χ3v) is 3.97. The summed E-state index contributed by atoms with van der Waals surface area (Å²) in [5.74, 6) is -1.81. The Morgan fingerprint density at radius 1 is 1.11 bits per heavy atom. The highest BCUT2D eigenvalue weighted by Crippen LogP contribution is 2.19. The largest absolute Gasteiger partial charge is 0.497 e. The normalized spacial score (nSPS) is 11.7. The molecular formula is C20H22FNO6. The molecule has 0 aliphatic rings. The molecule has 1 atom stereocenters. The number of carboxylic acid groups (broad SMARTS) is 1. The zero-order valence-corrected chi connectivity index (χ0v) is 15.6. The van der Waals surface area contributed by atoms with Gasteiger partial charge in [-0.1, -0.05) is 12.1 Å². The van der Waals surface area contributed by atoms with Crippen LogP contribution < -0.4 is 10.1 Å². The Labute approximate surface area is 162 Å². The Bertz CT molecular complexity index is 809. The Kier molecular flexibility index (Phi) is 7.91. The highest BCUT2D eigenvalue weighted by atomic mass is 19.1. The molecule has 0 aromatic heterocycles. The highest BCUT2D eigenvalue weighted by molar-refractivity contribution is 5.97. The molecule has 0 radical (unpaired) electrons. The minimum atomic E-state index is -1.26. The van der Waals surface area contributed by atoms with Gasteiger partial charge in [0.15, 0.2) is 6.04 Å². The number of amides is 1. The van der Waals surface area contributed by atoms with Crippen LogP contribution in [0.2, 0.25) is 0 Å². The summed E-state index contributed by atoms with van der Waals surface area (Å²) in [6.07, 6.45) is 0. The van der Waals surface area contributed by atoms with Crippen LogP contribution in [-0.2, 0) is 20.9 Å². The van der Waals surface area contributed by atoms with E-state index in [-0.39, 0.29) is 24.3 Å². The molecule has 0 heterocycles. The summed E-state index contributed by atoms with van der Waals surface area (Å²) in [5.41, 5.74) is 0.707. The van der Waals surface area contributed by atoms with E-state index in [1.165, 1.54) is 26.4 Å². The van der Waals surface area contributed by atoms with Crippen LogP contribution in [0.15, 0.2) is 42.5 Å². The molecule has 0 spiro atoms. The molecule has 2 N–H and O–H groups in total. The highest BCUT2D eigenvalue weighted by Gasteiger charge is 2.23. The second-order valence-electron chi connectivity index (χ2n) is 5.87. The molecule has 2 aromatic rings. The van der Waals surface area contributed by atoms with Crippen molar-refractivity contribution >= 4 is 11.9 Å². The molecule has 28 heavy (non-hydrogen) atoms. The quantitative estimate of drug-likeness (QED) is 0.605. The monoisotopic (exact) mass is 391 g/mol. The lowest BCUT2D eigenvalue weighted by Gasteiger charge is -2.16. The van der Waals surface area contributed by atoms with Crippen LogP contribution in [0.3, 0.4) is 0 Å². The van der Waals surface area contributed by atoms with Crippen LogP contribution in [0.25, 0.3) is 0 Å². The summed E-state index contributed by atoms with van der Waals surface area (Å²) in [6.45, 7) is 0.617. The first-order chi connectivity index (χ1) is 13.5. The van der Waals surface area contributed by atoms with E-state index in [0.29, 0.717) is 17.9 Å². The van der Waals surface area contributed by atoms with Crippen molar-refractivity contribution in [1.82, 2.24) is 5.32 Å². The van der Waals surface area contributed by atoms with Crippen molar-refractivity contribution in [2.45, 2.75) is 12.6 Å². The van der Waals surface area contributed by atoms with E-state index < -0.39 is 23.7 Å². The van der Waals surface area contributed by atoms with Gasteiger partial charge in [0.2, 0.25) is 0 Å². The van der Waals surface area contributed by atoms with Crippen LogP contribution in [0.1, 0.15) is 27.5 Å².